The van der Waals surface area contributed by atoms with E-state index in [-0.39, 0.29) is 0 Å². The van der Waals surface area contributed by atoms with Crippen molar-refractivity contribution in [1.82, 2.24) is 4.90 Å². The summed E-state index contributed by atoms with van der Waals surface area (Å²) < 4.78 is 22.0. The van der Waals surface area contributed by atoms with Crippen LogP contribution in [0.1, 0.15) is 40.0 Å². The van der Waals surface area contributed by atoms with Crippen molar-refractivity contribution in [3.8, 4) is 0 Å². The van der Waals surface area contributed by atoms with Crippen LogP contribution in [0.5, 0.6) is 0 Å². The third-order valence-corrected chi connectivity index (χ3v) is 3.98. The SMILES string of the molecule is CCCOCCOCCN(CC=O)CCOCCOCCC(C)CC. The first-order chi connectivity index (χ1) is 12.2. The van der Waals surface area contributed by atoms with Crippen molar-refractivity contribution >= 4 is 6.29 Å². The van der Waals surface area contributed by atoms with Gasteiger partial charge in [-0.05, 0) is 18.8 Å². The molecule has 0 radical (unpaired) electrons. The molecule has 0 saturated carbocycles. The minimum absolute atomic E-state index is 0.407. The van der Waals surface area contributed by atoms with Gasteiger partial charge < -0.3 is 23.7 Å². The van der Waals surface area contributed by atoms with E-state index in [9.17, 15) is 4.79 Å². The van der Waals surface area contributed by atoms with E-state index in [1.807, 2.05) is 4.90 Å². The molecule has 6 nitrogen and oxygen atoms in total. The standard InChI is InChI=1S/C19H39NO5/c1-4-11-22-15-17-24-13-8-20(7-10-21)9-14-25-18-16-23-12-6-19(3)5-2/h10,19H,4-9,11-18H2,1-3H3. The first kappa shape index (κ1) is 24.5. The topological polar surface area (TPSA) is 57.2 Å². The molecule has 0 heterocycles. The van der Waals surface area contributed by atoms with Crippen molar-refractivity contribution in [2.45, 2.75) is 40.0 Å². The Hall–Kier alpha value is -0.530. The maximum atomic E-state index is 10.7. The summed E-state index contributed by atoms with van der Waals surface area (Å²) in [4.78, 5) is 12.8. The molecular weight excluding hydrogens is 322 g/mol. The van der Waals surface area contributed by atoms with Gasteiger partial charge >= 0.3 is 0 Å². The predicted molar refractivity (Wildman–Crippen MR) is 100 cm³/mol. The predicted octanol–water partition coefficient (Wildman–Crippen LogP) is 2.40. The minimum Gasteiger partial charge on any atom is -0.379 e. The molecule has 1 unspecified atom stereocenters. The lowest BCUT2D eigenvalue weighted by molar-refractivity contribution is -0.109. The van der Waals surface area contributed by atoms with Crippen LogP contribution in [0.15, 0.2) is 0 Å². The van der Waals surface area contributed by atoms with Gasteiger partial charge in [-0.3, -0.25) is 4.90 Å². The van der Waals surface area contributed by atoms with Gasteiger partial charge in [0.15, 0.2) is 0 Å². The normalized spacial score (nSPS) is 12.6. The highest BCUT2D eigenvalue weighted by molar-refractivity contribution is 5.51. The fourth-order valence-electron chi connectivity index (χ4n) is 2.06. The Morgan fingerprint density at radius 3 is 1.80 bits per heavy atom. The summed E-state index contributed by atoms with van der Waals surface area (Å²) in [5.41, 5.74) is 0. The smallest absolute Gasteiger partial charge is 0.133 e. The first-order valence-corrected chi connectivity index (χ1v) is 9.71. The minimum atomic E-state index is 0.407. The van der Waals surface area contributed by atoms with Crippen LogP contribution >= 0.6 is 0 Å². The zero-order valence-corrected chi connectivity index (χ0v) is 16.5. The van der Waals surface area contributed by atoms with Gasteiger partial charge in [0.1, 0.15) is 6.29 Å². The van der Waals surface area contributed by atoms with Gasteiger partial charge in [-0.2, -0.15) is 0 Å². The number of carbonyl (C=O) groups excluding carboxylic acids is 1. The van der Waals surface area contributed by atoms with Gasteiger partial charge in [0.05, 0.1) is 46.2 Å². The molecule has 25 heavy (non-hydrogen) atoms. The molecule has 0 N–H and O–H groups in total. The first-order valence-electron chi connectivity index (χ1n) is 9.71. The van der Waals surface area contributed by atoms with E-state index in [4.69, 9.17) is 18.9 Å². The molecule has 150 valence electrons. The van der Waals surface area contributed by atoms with Crippen LogP contribution < -0.4 is 0 Å². The second-order valence-electron chi connectivity index (χ2n) is 6.22. The van der Waals surface area contributed by atoms with E-state index in [0.29, 0.717) is 46.2 Å². The summed E-state index contributed by atoms with van der Waals surface area (Å²) in [5, 5.41) is 0. The zero-order chi connectivity index (χ0) is 18.6. The number of ether oxygens (including phenoxy) is 4. The summed E-state index contributed by atoms with van der Waals surface area (Å²) in [6.07, 6.45) is 4.24. The molecule has 0 amide bonds. The maximum absolute atomic E-state index is 10.7. The van der Waals surface area contributed by atoms with Gasteiger partial charge in [0.25, 0.3) is 0 Å². The summed E-state index contributed by atoms with van der Waals surface area (Å²) in [6.45, 7) is 13.6. The zero-order valence-electron chi connectivity index (χ0n) is 16.5. The molecule has 0 rings (SSSR count). The number of aldehydes is 1. The van der Waals surface area contributed by atoms with Crippen LogP contribution in [-0.2, 0) is 23.7 Å². The fourth-order valence-corrected chi connectivity index (χ4v) is 2.06. The molecule has 0 bridgehead atoms. The lowest BCUT2D eigenvalue weighted by Gasteiger charge is -2.19. The van der Waals surface area contributed by atoms with E-state index in [1.54, 1.807) is 0 Å². The maximum Gasteiger partial charge on any atom is 0.133 e. The molecular formula is C19H39NO5. The van der Waals surface area contributed by atoms with Gasteiger partial charge in [-0.25, -0.2) is 0 Å². The van der Waals surface area contributed by atoms with Gasteiger partial charge in [-0.1, -0.05) is 27.2 Å². The van der Waals surface area contributed by atoms with Crippen molar-refractivity contribution in [2.24, 2.45) is 5.92 Å². The molecule has 0 spiro atoms. The van der Waals surface area contributed by atoms with Crippen molar-refractivity contribution in [2.75, 3.05) is 72.5 Å². The van der Waals surface area contributed by atoms with Gasteiger partial charge in [-0.15, -0.1) is 0 Å². The van der Waals surface area contributed by atoms with Crippen LogP contribution in [0.2, 0.25) is 0 Å². The summed E-state index contributed by atoms with van der Waals surface area (Å²) in [6, 6.07) is 0. The average Bonchev–Trinajstić information content (AvgIpc) is 2.62. The third kappa shape index (κ3) is 18.1. The highest BCUT2D eigenvalue weighted by atomic mass is 16.5. The molecule has 0 aliphatic carbocycles. The van der Waals surface area contributed by atoms with Gasteiger partial charge in [0, 0.05) is 26.3 Å². The molecule has 0 aliphatic rings. The van der Waals surface area contributed by atoms with Crippen molar-refractivity contribution in [1.29, 1.82) is 0 Å². The molecule has 0 saturated heterocycles. The Balaban J connectivity index is 3.48. The van der Waals surface area contributed by atoms with Crippen LogP contribution in [-0.4, -0.2) is 83.7 Å². The quantitative estimate of drug-likeness (QED) is 0.245. The summed E-state index contributed by atoms with van der Waals surface area (Å²) in [7, 11) is 0. The van der Waals surface area contributed by atoms with Crippen LogP contribution in [0, 0.1) is 5.92 Å². The summed E-state index contributed by atoms with van der Waals surface area (Å²) in [5.74, 6) is 0.721. The average molecular weight is 362 g/mol. The van der Waals surface area contributed by atoms with E-state index in [1.165, 1.54) is 6.42 Å². The number of carbonyl (C=O) groups is 1. The molecule has 6 heteroatoms. The van der Waals surface area contributed by atoms with Crippen molar-refractivity contribution in [3.05, 3.63) is 0 Å². The molecule has 0 aromatic heterocycles. The molecule has 0 aromatic rings. The second kappa shape index (κ2) is 19.8. The lowest BCUT2D eigenvalue weighted by Crippen LogP contribution is -2.33. The Morgan fingerprint density at radius 1 is 0.800 bits per heavy atom. The highest BCUT2D eigenvalue weighted by Gasteiger charge is 2.04. The van der Waals surface area contributed by atoms with Gasteiger partial charge in [0.2, 0.25) is 0 Å². The molecule has 0 fully saturated rings. The Morgan fingerprint density at radius 2 is 1.32 bits per heavy atom. The van der Waals surface area contributed by atoms with E-state index in [2.05, 4.69) is 20.8 Å². The van der Waals surface area contributed by atoms with E-state index < -0.39 is 0 Å². The Labute approximate surface area is 154 Å². The Kier molecular flexibility index (Phi) is 19.4. The van der Waals surface area contributed by atoms with Crippen molar-refractivity contribution < 1.29 is 23.7 Å². The number of hydrogen-bond donors (Lipinski definition) is 0. The van der Waals surface area contributed by atoms with Crippen molar-refractivity contribution in [3.63, 3.8) is 0 Å². The second-order valence-corrected chi connectivity index (χ2v) is 6.22. The van der Waals surface area contributed by atoms with Crippen LogP contribution in [0.3, 0.4) is 0 Å². The number of rotatable bonds is 20. The number of nitrogens with zero attached hydrogens (tertiary/aromatic N) is 1. The molecule has 0 aromatic carbocycles. The number of hydrogen-bond acceptors (Lipinski definition) is 6. The Bertz CT molecular complexity index is 279. The third-order valence-electron chi connectivity index (χ3n) is 3.98. The monoisotopic (exact) mass is 361 g/mol. The van der Waals surface area contributed by atoms with Crippen LogP contribution in [0.25, 0.3) is 0 Å². The lowest BCUT2D eigenvalue weighted by atomic mass is 10.1. The van der Waals surface area contributed by atoms with E-state index >= 15 is 0 Å². The fraction of sp³-hybridized carbons (Fsp3) is 0.947. The molecule has 0 aliphatic heterocycles. The highest BCUT2D eigenvalue weighted by Crippen LogP contribution is 2.05. The van der Waals surface area contributed by atoms with Crippen LogP contribution in [0.4, 0.5) is 0 Å². The van der Waals surface area contributed by atoms with E-state index in [0.717, 1.165) is 51.3 Å². The largest absolute Gasteiger partial charge is 0.379 e. The summed E-state index contributed by atoms with van der Waals surface area (Å²) >= 11 is 0. The molecule has 1 atom stereocenters.